The lowest BCUT2D eigenvalue weighted by molar-refractivity contribution is -0.137. The number of aromatic nitrogens is 2. The first-order valence-electron chi connectivity index (χ1n) is 4.15. The van der Waals surface area contributed by atoms with Gasteiger partial charge in [-0.1, -0.05) is 0 Å². The van der Waals surface area contributed by atoms with E-state index in [1.165, 1.54) is 18.3 Å². The monoisotopic (exact) mass is 232 g/mol. The lowest BCUT2D eigenvalue weighted by atomic mass is 10.1. The summed E-state index contributed by atoms with van der Waals surface area (Å²) in [5.41, 5.74) is -0.164. The Morgan fingerprint density at radius 2 is 2.13 bits per heavy atom. The normalized spacial score (nSPS) is 12.0. The first-order chi connectivity index (χ1) is 7.00. The smallest absolute Gasteiger partial charge is 0.282 e. The predicted molar refractivity (Wildman–Crippen MR) is 51.6 cm³/mol. The van der Waals surface area contributed by atoms with Gasteiger partial charge in [-0.25, -0.2) is 0 Å². The van der Waals surface area contributed by atoms with E-state index in [0.717, 1.165) is 0 Å². The molecule has 0 radical (unpaired) electrons. The number of hydrogen-bond acceptors (Lipinski definition) is 2. The zero-order valence-electron chi connectivity index (χ0n) is 7.72. The average molecular weight is 232 g/mol. The van der Waals surface area contributed by atoms with Gasteiger partial charge in [0.25, 0.3) is 0 Å². The summed E-state index contributed by atoms with van der Waals surface area (Å²) < 4.78 is 38.0. The molecule has 1 N–H and O–H groups in total. The number of H-pyrrole nitrogens is 1. The van der Waals surface area contributed by atoms with E-state index >= 15 is 0 Å². The van der Waals surface area contributed by atoms with Gasteiger partial charge in [0, 0.05) is 16.6 Å². The second-order valence-electron chi connectivity index (χ2n) is 3.08. The fourth-order valence-corrected chi connectivity index (χ4v) is 2.02. The zero-order valence-corrected chi connectivity index (χ0v) is 8.54. The van der Waals surface area contributed by atoms with Gasteiger partial charge in [0.15, 0.2) is 0 Å². The Labute approximate surface area is 87.8 Å². The van der Waals surface area contributed by atoms with Crippen molar-refractivity contribution >= 4 is 11.3 Å². The van der Waals surface area contributed by atoms with Crippen LogP contribution >= 0.6 is 11.3 Å². The number of alkyl halides is 3. The SMILES string of the molecule is Cc1[nH]nc(-c2ccsc2)c1C(F)(F)F. The van der Waals surface area contributed by atoms with E-state index in [9.17, 15) is 13.2 Å². The van der Waals surface area contributed by atoms with E-state index in [2.05, 4.69) is 10.2 Å². The van der Waals surface area contributed by atoms with Crippen LogP contribution in [0.25, 0.3) is 11.3 Å². The molecular formula is C9H7F3N2S. The molecule has 2 heterocycles. The molecule has 2 rings (SSSR count). The second-order valence-corrected chi connectivity index (χ2v) is 3.86. The highest BCUT2D eigenvalue weighted by molar-refractivity contribution is 7.08. The molecule has 6 heteroatoms. The molecule has 0 saturated heterocycles. The van der Waals surface area contributed by atoms with Crippen molar-refractivity contribution in [3.63, 3.8) is 0 Å². The standard InChI is InChI=1S/C9H7F3N2S/c1-5-7(9(10,11)12)8(14-13-5)6-2-3-15-4-6/h2-4H,1H3,(H,13,14). The molecule has 0 aromatic carbocycles. The minimum Gasteiger partial charge on any atom is -0.282 e. The van der Waals surface area contributed by atoms with Crippen molar-refractivity contribution in [3.8, 4) is 11.3 Å². The Kier molecular flexibility index (Phi) is 2.30. The molecule has 0 aliphatic rings. The van der Waals surface area contributed by atoms with E-state index in [-0.39, 0.29) is 11.4 Å². The van der Waals surface area contributed by atoms with Gasteiger partial charge in [0.05, 0.1) is 0 Å². The molecule has 0 amide bonds. The van der Waals surface area contributed by atoms with Crippen molar-refractivity contribution in [2.24, 2.45) is 0 Å². The fraction of sp³-hybridized carbons (Fsp3) is 0.222. The third kappa shape index (κ3) is 1.77. The van der Waals surface area contributed by atoms with Crippen LogP contribution in [0, 0.1) is 6.92 Å². The van der Waals surface area contributed by atoms with E-state index in [0.29, 0.717) is 5.56 Å². The molecule has 80 valence electrons. The Morgan fingerprint density at radius 3 is 2.67 bits per heavy atom. The molecule has 0 aliphatic heterocycles. The number of thiophene rings is 1. The van der Waals surface area contributed by atoms with Crippen molar-refractivity contribution in [1.29, 1.82) is 0 Å². The quantitative estimate of drug-likeness (QED) is 0.801. The molecule has 0 bridgehead atoms. The van der Waals surface area contributed by atoms with Gasteiger partial charge in [-0.05, 0) is 18.4 Å². The molecule has 2 aromatic heterocycles. The van der Waals surface area contributed by atoms with Crippen LogP contribution in [0.15, 0.2) is 16.8 Å². The molecule has 0 saturated carbocycles. The summed E-state index contributed by atoms with van der Waals surface area (Å²) in [4.78, 5) is 0. The minimum atomic E-state index is -4.37. The molecule has 2 aromatic rings. The van der Waals surface area contributed by atoms with E-state index in [1.807, 2.05) is 0 Å². The second kappa shape index (κ2) is 3.37. The maximum Gasteiger partial charge on any atom is 0.420 e. The highest BCUT2D eigenvalue weighted by Gasteiger charge is 2.37. The van der Waals surface area contributed by atoms with Crippen LogP contribution in [0.3, 0.4) is 0 Å². The first-order valence-corrected chi connectivity index (χ1v) is 5.09. The van der Waals surface area contributed by atoms with Crippen LogP contribution in [0.2, 0.25) is 0 Å². The molecule has 15 heavy (non-hydrogen) atoms. The van der Waals surface area contributed by atoms with Crippen LogP contribution in [0.5, 0.6) is 0 Å². The summed E-state index contributed by atoms with van der Waals surface area (Å²) in [6.07, 6.45) is -4.37. The number of aryl methyl sites for hydroxylation is 1. The van der Waals surface area contributed by atoms with Crippen LogP contribution in [-0.4, -0.2) is 10.2 Å². The maximum atomic E-state index is 12.7. The van der Waals surface area contributed by atoms with Crippen LogP contribution < -0.4 is 0 Å². The van der Waals surface area contributed by atoms with Crippen molar-refractivity contribution in [1.82, 2.24) is 10.2 Å². The molecule has 0 unspecified atom stereocenters. The Hall–Kier alpha value is -1.30. The summed E-state index contributed by atoms with van der Waals surface area (Å²) in [6.45, 7) is 1.37. The molecule has 0 aliphatic carbocycles. The Bertz CT molecular complexity index is 456. The first kappa shape index (κ1) is 10.2. The molecule has 0 fully saturated rings. The van der Waals surface area contributed by atoms with Gasteiger partial charge < -0.3 is 0 Å². The summed E-state index contributed by atoms with van der Waals surface area (Å²) >= 11 is 1.34. The van der Waals surface area contributed by atoms with E-state index < -0.39 is 11.7 Å². The van der Waals surface area contributed by atoms with Gasteiger partial charge in [-0.3, -0.25) is 5.10 Å². The summed E-state index contributed by atoms with van der Waals surface area (Å²) in [6, 6.07) is 1.62. The van der Waals surface area contributed by atoms with Crippen LogP contribution in [-0.2, 0) is 6.18 Å². The lowest BCUT2D eigenvalue weighted by Crippen LogP contribution is -2.07. The molecule has 0 atom stereocenters. The van der Waals surface area contributed by atoms with Gasteiger partial charge in [-0.2, -0.15) is 29.6 Å². The van der Waals surface area contributed by atoms with Gasteiger partial charge in [-0.15, -0.1) is 0 Å². The van der Waals surface area contributed by atoms with Crippen molar-refractivity contribution in [2.45, 2.75) is 13.1 Å². The van der Waals surface area contributed by atoms with Crippen molar-refractivity contribution in [3.05, 3.63) is 28.1 Å². The Morgan fingerprint density at radius 1 is 1.40 bits per heavy atom. The zero-order chi connectivity index (χ0) is 11.1. The van der Waals surface area contributed by atoms with Crippen molar-refractivity contribution in [2.75, 3.05) is 0 Å². The number of nitrogens with one attached hydrogen (secondary N) is 1. The van der Waals surface area contributed by atoms with Crippen LogP contribution in [0.1, 0.15) is 11.3 Å². The molecule has 0 spiro atoms. The highest BCUT2D eigenvalue weighted by atomic mass is 32.1. The summed E-state index contributed by atoms with van der Waals surface area (Å²) in [5.74, 6) is 0. The molecule has 2 nitrogen and oxygen atoms in total. The minimum absolute atomic E-state index is 0.0266. The highest BCUT2D eigenvalue weighted by Crippen LogP contribution is 2.38. The third-order valence-corrected chi connectivity index (χ3v) is 2.71. The fourth-order valence-electron chi connectivity index (χ4n) is 1.38. The van der Waals surface area contributed by atoms with E-state index in [4.69, 9.17) is 0 Å². The summed E-state index contributed by atoms with van der Waals surface area (Å²) in [5, 5.41) is 9.42. The largest absolute Gasteiger partial charge is 0.420 e. The number of nitrogens with zero attached hydrogens (tertiary/aromatic N) is 1. The van der Waals surface area contributed by atoms with Crippen LogP contribution in [0.4, 0.5) is 13.2 Å². The average Bonchev–Trinajstić information content (AvgIpc) is 2.68. The number of rotatable bonds is 1. The van der Waals surface area contributed by atoms with Crippen molar-refractivity contribution < 1.29 is 13.2 Å². The topological polar surface area (TPSA) is 28.7 Å². The van der Waals surface area contributed by atoms with E-state index in [1.54, 1.807) is 16.8 Å². The maximum absolute atomic E-state index is 12.7. The lowest BCUT2D eigenvalue weighted by Gasteiger charge is -2.06. The van der Waals surface area contributed by atoms with Gasteiger partial charge >= 0.3 is 6.18 Å². The Balaban J connectivity index is 2.59. The van der Waals surface area contributed by atoms with Gasteiger partial charge in [0.1, 0.15) is 11.3 Å². The number of halogens is 3. The number of aromatic amines is 1. The predicted octanol–water partition coefficient (Wildman–Crippen LogP) is 3.47. The third-order valence-electron chi connectivity index (χ3n) is 2.03. The molecular weight excluding hydrogens is 225 g/mol. The van der Waals surface area contributed by atoms with Gasteiger partial charge in [0.2, 0.25) is 0 Å². The summed E-state index contributed by atoms with van der Waals surface area (Å²) in [7, 11) is 0. The number of hydrogen-bond donors (Lipinski definition) is 1.